The lowest BCUT2D eigenvalue weighted by atomic mass is 10.2. The number of hydrazine groups is 1. The summed E-state index contributed by atoms with van der Waals surface area (Å²) in [4.78, 5) is 15.5. The Balaban J connectivity index is 3.04. The summed E-state index contributed by atoms with van der Waals surface area (Å²) in [6.07, 6.45) is 0. The van der Waals surface area contributed by atoms with Gasteiger partial charge in [0.2, 0.25) is 0 Å². The number of nitrogen functional groups attached to an aromatic ring is 1. The van der Waals surface area contributed by atoms with Crippen LogP contribution in [0.2, 0.25) is 0 Å². The van der Waals surface area contributed by atoms with E-state index >= 15 is 0 Å². The average molecular weight is 167 g/mol. The molecule has 5 nitrogen and oxygen atoms in total. The van der Waals surface area contributed by atoms with E-state index in [9.17, 15) is 4.79 Å². The van der Waals surface area contributed by atoms with Gasteiger partial charge in [-0.2, -0.15) is 5.90 Å². The van der Waals surface area contributed by atoms with Gasteiger partial charge < -0.3 is 4.84 Å². The Morgan fingerprint density at radius 1 is 1.42 bits per heavy atom. The molecule has 64 valence electrons. The number of para-hydroxylation sites is 1. The minimum Gasteiger partial charge on any atom is -0.411 e. The second kappa shape index (κ2) is 3.70. The van der Waals surface area contributed by atoms with Crippen molar-refractivity contribution in [3.63, 3.8) is 0 Å². The van der Waals surface area contributed by atoms with E-state index in [4.69, 9.17) is 11.7 Å². The van der Waals surface area contributed by atoms with Gasteiger partial charge in [-0.25, -0.2) is 5.84 Å². The third-order valence-corrected chi connectivity index (χ3v) is 1.39. The lowest BCUT2D eigenvalue weighted by molar-refractivity contribution is 0.0949. The number of hydrogen-bond acceptors (Lipinski definition) is 4. The largest absolute Gasteiger partial charge is 0.411 e. The first kappa shape index (κ1) is 8.51. The van der Waals surface area contributed by atoms with E-state index in [1.54, 1.807) is 24.3 Å². The van der Waals surface area contributed by atoms with Gasteiger partial charge in [0.15, 0.2) is 5.75 Å². The van der Waals surface area contributed by atoms with Gasteiger partial charge in [-0.15, -0.1) is 0 Å². The smallest absolute Gasteiger partial charge is 0.269 e. The van der Waals surface area contributed by atoms with Crippen LogP contribution in [0, 0.1) is 0 Å². The van der Waals surface area contributed by atoms with Crippen molar-refractivity contribution < 1.29 is 9.63 Å². The van der Waals surface area contributed by atoms with E-state index in [0.717, 1.165) is 0 Å². The molecule has 0 spiro atoms. The molecular formula is C7H9N3O2. The molecule has 5 heteroatoms. The predicted octanol–water partition coefficient (Wildman–Crippen LogP) is -0.457. The van der Waals surface area contributed by atoms with Gasteiger partial charge in [0.1, 0.15) is 0 Å². The molecule has 0 aliphatic carbocycles. The molecule has 1 aromatic rings. The molecule has 0 aliphatic heterocycles. The van der Waals surface area contributed by atoms with Crippen LogP contribution in [-0.4, -0.2) is 5.91 Å². The minimum absolute atomic E-state index is 0.292. The number of amides is 1. The van der Waals surface area contributed by atoms with Crippen LogP contribution in [0.25, 0.3) is 0 Å². The van der Waals surface area contributed by atoms with E-state index in [2.05, 4.69) is 4.84 Å². The molecule has 0 fully saturated rings. The Labute approximate surface area is 69.2 Å². The SMILES string of the molecule is NNC(=O)c1ccccc1ON. The van der Waals surface area contributed by atoms with Crippen molar-refractivity contribution in [3.05, 3.63) is 29.8 Å². The molecule has 0 unspecified atom stereocenters. The van der Waals surface area contributed by atoms with E-state index in [1.165, 1.54) is 0 Å². The summed E-state index contributed by atoms with van der Waals surface area (Å²) in [7, 11) is 0. The van der Waals surface area contributed by atoms with Gasteiger partial charge in [-0.1, -0.05) is 12.1 Å². The number of carbonyl (C=O) groups is 1. The predicted molar refractivity (Wildman–Crippen MR) is 42.9 cm³/mol. The van der Waals surface area contributed by atoms with Crippen molar-refractivity contribution in [2.75, 3.05) is 0 Å². The maximum absolute atomic E-state index is 11.0. The zero-order valence-electron chi connectivity index (χ0n) is 6.28. The van der Waals surface area contributed by atoms with E-state index in [0.29, 0.717) is 11.3 Å². The number of benzene rings is 1. The van der Waals surface area contributed by atoms with Crippen molar-refractivity contribution in [1.82, 2.24) is 5.43 Å². The maximum Gasteiger partial charge on any atom is 0.269 e. The maximum atomic E-state index is 11.0. The molecule has 0 bridgehead atoms. The van der Waals surface area contributed by atoms with Crippen LogP contribution in [0.1, 0.15) is 10.4 Å². The highest BCUT2D eigenvalue weighted by molar-refractivity contribution is 5.96. The summed E-state index contributed by atoms with van der Waals surface area (Å²) >= 11 is 0. The molecule has 1 amide bonds. The highest BCUT2D eigenvalue weighted by Crippen LogP contribution is 2.15. The molecule has 0 atom stereocenters. The van der Waals surface area contributed by atoms with E-state index < -0.39 is 5.91 Å². The first-order valence-electron chi connectivity index (χ1n) is 3.26. The van der Waals surface area contributed by atoms with Crippen LogP contribution in [-0.2, 0) is 0 Å². The summed E-state index contributed by atoms with van der Waals surface area (Å²) in [6, 6.07) is 6.53. The summed E-state index contributed by atoms with van der Waals surface area (Å²) in [6.45, 7) is 0. The van der Waals surface area contributed by atoms with Gasteiger partial charge >= 0.3 is 0 Å². The number of hydrogen-bond donors (Lipinski definition) is 3. The number of nitrogens with two attached hydrogens (primary N) is 2. The number of rotatable bonds is 2. The zero-order valence-corrected chi connectivity index (χ0v) is 6.28. The van der Waals surface area contributed by atoms with Crippen molar-refractivity contribution in [3.8, 4) is 5.75 Å². The van der Waals surface area contributed by atoms with Crippen LogP contribution in [0.15, 0.2) is 24.3 Å². The highest BCUT2D eigenvalue weighted by Gasteiger charge is 2.08. The summed E-state index contributed by atoms with van der Waals surface area (Å²) in [5.41, 5.74) is 2.29. The van der Waals surface area contributed by atoms with Crippen LogP contribution < -0.4 is 22.0 Å². The molecule has 1 rings (SSSR count). The Bertz CT molecular complexity index is 288. The van der Waals surface area contributed by atoms with E-state index in [1.807, 2.05) is 5.43 Å². The Morgan fingerprint density at radius 3 is 2.67 bits per heavy atom. The summed E-state index contributed by atoms with van der Waals surface area (Å²) in [5.74, 6) is 9.71. The van der Waals surface area contributed by atoms with Gasteiger partial charge in [0.25, 0.3) is 5.91 Å². The lowest BCUT2D eigenvalue weighted by Crippen LogP contribution is -2.30. The Morgan fingerprint density at radius 2 is 2.08 bits per heavy atom. The van der Waals surface area contributed by atoms with Gasteiger partial charge in [0.05, 0.1) is 5.56 Å². The first-order chi connectivity index (χ1) is 5.79. The van der Waals surface area contributed by atoms with Crippen molar-refractivity contribution in [1.29, 1.82) is 0 Å². The van der Waals surface area contributed by atoms with E-state index in [-0.39, 0.29) is 0 Å². The van der Waals surface area contributed by atoms with Crippen molar-refractivity contribution in [2.45, 2.75) is 0 Å². The molecule has 0 aliphatic rings. The van der Waals surface area contributed by atoms with Gasteiger partial charge in [-0.3, -0.25) is 10.2 Å². The molecule has 5 N–H and O–H groups in total. The van der Waals surface area contributed by atoms with Crippen LogP contribution in [0.3, 0.4) is 0 Å². The van der Waals surface area contributed by atoms with Crippen LogP contribution in [0.4, 0.5) is 0 Å². The van der Waals surface area contributed by atoms with Crippen molar-refractivity contribution >= 4 is 5.91 Å². The molecule has 0 heterocycles. The van der Waals surface area contributed by atoms with Crippen molar-refractivity contribution in [2.24, 2.45) is 11.7 Å². The number of nitrogens with one attached hydrogen (secondary N) is 1. The van der Waals surface area contributed by atoms with Gasteiger partial charge in [0, 0.05) is 0 Å². The Hall–Kier alpha value is -1.59. The Kier molecular flexibility index (Phi) is 2.62. The third kappa shape index (κ3) is 1.52. The second-order valence-corrected chi connectivity index (χ2v) is 2.09. The standard InChI is InChI=1S/C7H9N3O2/c8-10-7(11)5-3-1-2-4-6(5)12-9/h1-4H,8-9H2,(H,10,11). The minimum atomic E-state index is -0.434. The normalized spacial score (nSPS) is 9.17. The fourth-order valence-electron chi connectivity index (χ4n) is 0.835. The summed E-state index contributed by atoms with van der Waals surface area (Å²) in [5, 5.41) is 0. The zero-order chi connectivity index (χ0) is 8.97. The van der Waals surface area contributed by atoms with Crippen LogP contribution in [0.5, 0.6) is 5.75 Å². The summed E-state index contributed by atoms with van der Waals surface area (Å²) < 4.78 is 0. The fourth-order valence-corrected chi connectivity index (χ4v) is 0.835. The second-order valence-electron chi connectivity index (χ2n) is 2.09. The third-order valence-electron chi connectivity index (χ3n) is 1.39. The lowest BCUT2D eigenvalue weighted by Gasteiger charge is -2.04. The molecule has 0 aromatic heterocycles. The molecule has 1 aromatic carbocycles. The molecule has 0 saturated carbocycles. The average Bonchev–Trinajstić information content (AvgIpc) is 2.16. The quantitative estimate of drug-likeness (QED) is 0.316. The first-order valence-corrected chi connectivity index (χ1v) is 3.26. The molecule has 0 radical (unpaired) electrons. The molecule has 0 saturated heterocycles. The van der Waals surface area contributed by atoms with Gasteiger partial charge in [-0.05, 0) is 12.1 Å². The fraction of sp³-hybridized carbons (Fsp3) is 0. The highest BCUT2D eigenvalue weighted by atomic mass is 16.6. The molecule has 12 heavy (non-hydrogen) atoms. The topological polar surface area (TPSA) is 90.4 Å². The monoisotopic (exact) mass is 167 g/mol. The van der Waals surface area contributed by atoms with Crippen LogP contribution >= 0.6 is 0 Å². The molecular weight excluding hydrogens is 158 g/mol. The number of carbonyl (C=O) groups excluding carboxylic acids is 1.